The number of rotatable bonds is 5. The van der Waals surface area contributed by atoms with E-state index < -0.39 is 15.9 Å². The second kappa shape index (κ2) is 5.74. The molecule has 2 rings (SSSR count). The van der Waals surface area contributed by atoms with Crippen molar-refractivity contribution in [3.05, 3.63) is 10.5 Å². The molecule has 1 aromatic heterocycles. The highest BCUT2D eigenvalue weighted by atomic mass is 35.5. The van der Waals surface area contributed by atoms with Crippen molar-refractivity contribution in [3.8, 4) is 0 Å². The second-order valence-corrected chi connectivity index (χ2v) is 6.95. The van der Waals surface area contributed by atoms with E-state index in [2.05, 4.69) is 4.37 Å². The Labute approximate surface area is 120 Å². The van der Waals surface area contributed by atoms with Crippen molar-refractivity contribution < 1.29 is 17.9 Å². The zero-order valence-corrected chi connectivity index (χ0v) is 12.5. The minimum atomic E-state index is -3.93. The van der Waals surface area contributed by atoms with Gasteiger partial charge in [-0.05, 0) is 30.3 Å². The first kappa shape index (κ1) is 14.7. The summed E-state index contributed by atoms with van der Waals surface area (Å²) in [5, 5.41) is 1.17. The first-order valence-corrected chi connectivity index (χ1v) is 8.32. The van der Waals surface area contributed by atoms with Gasteiger partial charge in [0.1, 0.15) is 4.90 Å². The van der Waals surface area contributed by atoms with Crippen LogP contribution >= 0.6 is 23.1 Å². The molecule has 2 atom stereocenters. The topological polar surface area (TPSA) is 85.4 Å². The van der Waals surface area contributed by atoms with Crippen LogP contribution in [0.15, 0.2) is 10.3 Å². The number of carbonyl (C=O) groups excluding carboxylic acids is 1. The minimum Gasteiger partial charge on any atom is -0.381 e. The van der Waals surface area contributed by atoms with Gasteiger partial charge in [0.2, 0.25) is 5.91 Å². The molecule has 1 N–H and O–H groups in total. The third kappa shape index (κ3) is 3.25. The van der Waals surface area contributed by atoms with E-state index in [4.69, 9.17) is 16.3 Å². The number of carbonyl (C=O) groups is 1. The number of nitrogens with one attached hydrogen (secondary N) is 1. The van der Waals surface area contributed by atoms with Crippen LogP contribution in [0.25, 0.3) is 0 Å². The first-order chi connectivity index (χ1) is 8.94. The molecule has 0 radical (unpaired) electrons. The van der Waals surface area contributed by atoms with Crippen molar-refractivity contribution in [3.63, 3.8) is 0 Å². The summed E-state index contributed by atoms with van der Waals surface area (Å²) in [5.41, 5.74) is 0. The molecular weight excluding hydrogens is 312 g/mol. The number of halogens is 1. The number of hydrogen-bond acceptors (Lipinski definition) is 6. The van der Waals surface area contributed by atoms with Crippen molar-refractivity contribution in [2.24, 2.45) is 5.92 Å². The third-order valence-corrected chi connectivity index (χ3v) is 5.80. The van der Waals surface area contributed by atoms with Crippen LogP contribution in [0.2, 0.25) is 5.15 Å². The van der Waals surface area contributed by atoms with Gasteiger partial charge in [0.05, 0.1) is 6.10 Å². The molecule has 6 nitrogen and oxygen atoms in total. The number of sulfonamides is 1. The fourth-order valence-electron chi connectivity index (χ4n) is 1.96. The predicted octanol–water partition coefficient (Wildman–Crippen LogP) is 1.42. The summed E-state index contributed by atoms with van der Waals surface area (Å²) in [6.07, 6.45) is 1.95. The average Bonchev–Trinajstić information content (AvgIpc) is 2.72. The largest absolute Gasteiger partial charge is 0.381 e. The molecular formula is C10H13ClN2O4S2. The summed E-state index contributed by atoms with van der Waals surface area (Å²) < 4.78 is 34.6. The summed E-state index contributed by atoms with van der Waals surface area (Å²) >= 11 is 6.57. The maximum absolute atomic E-state index is 11.9. The Balaban J connectivity index is 1.97. The molecule has 2 unspecified atom stereocenters. The quantitative estimate of drug-likeness (QED) is 0.885. The molecule has 0 bridgehead atoms. The van der Waals surface area contributed by atoms with E-state index in [1.165, 1.54) is 5.38 Å². The van der Waals surface area contributed by atoms with Crippen LogP contribution < -0.4 is 4.72 Å². The summed E-state index contributed by atoms with van der Waals surface area (Å²) in [6, 6.07) is 0. The van der Waals surface area contributed by atoms with Crippen LogP contribution in [0.4, 0.5) is 0 Å². The van der Waals surface area contributed by atoms with E-state index in [1.54, 1.807) is 7.11 Å². The van der Waals surface area contributed by atoms with Crippen LogP contribution in [0.1, 0.15) is 19.3 Å². The molecule has 0 saturated heterocycles. The van der Waals surface area contributed by atoms with Crippen LogP contribution in [-0.2, 0) is 19.6 Å². The highest BCUT2D eigenvalue weighted by molar-refractivity contribution is 7.90. The maximum Gasteiger partial charge on any atom is 0.268 e. The zero-order chi connectivity index (χ0) is 14.0. The summed E-state index contributed by atoms with van der Waals surface area (Å²) in [7, 11) is -2.34. The van der Waals surface area contributed by atoms with Gasteiger partial charge in [0, 0.05) is 18.9 Å². The van der Waals surface area contributed by atoms with Crippen LogP contribution in [0.3, 0.4) is 0 Å². The first-order valence-electron chi connectivity index (χ1n) is 5.62. The van der Waals surface area contributed by atoms with E-state index in [9.17, 15) is 13.2 Å². The molecule has 19 heavy (non-hydrogen) atoms. The Hall–Kier alpha value is -0.700. The van der Waals surface area contributed by atoms with Crippen LogP contribution in [0.5, 0.6) is 0 Å². The summed E-state index contributed by atoms with van der Waals surface area (Å²) in [4.78, 5) is 11.6. The molecule has 1 saturated carbocycles. The zero-order valence-electron chi connectivity index (χ0n) is 10.1. The Morgan fingerprint density at radius 3 is 2.84 bits per heavy atom. The number of nitrogens with zero attached hydrogens (tertiary/aromatic N) is 1. The van der Waals surface area contributed by atoms with Crippen LogP contribution in [-0.4, -0.2) is 31.9 Å². The monoisotopic (exact) mass is 324 g/mol. The highest BCUT2D eigenvalue weighted by Gasteiger charge is 2.33. The average molecular weight is 325 g/mol. The lowest BCUT2D eigenvalue weighted by atomic mass is 9.79. The highest BCUT2D eigenvalue weighted by Crippen LogP contribution is 2.32. The van der Waals surface area contributed by atoms with Gasteiger partial charge in [0.25, 0.3) is 10.0 Å². The van der Waals surface area contributed by atoms with E-state index >= 15 is 0 Å². The van der Waals surface area contributed by atoms with Crippen molar-refractivity contribution in [1.82, 2.24) is 9.10 Å². The summed E-state index contributed by atoms with van der Waals surface area (Å²) in [5.74, 6) is -0.467. The molecule has 1 aliphatic rings. The Morgan fingerprint density at radius 2 is 2.37 bits per heavy atom. The smallest absolute Gasteiger partial charge is 0.268 e. The standard InChI is InChI=1S/C10H13ClN2O4S2/c1-17-7-3-2-6(7)4-9(14)13-19(15,16)8-5-18-12-10(8)11/h5-7H,2-4H2,1H3,(H,13,14). The molecule has 1 aliphatic carbocycles. The van der Waals surface area contributed by atoms with Gasteiger partial charge >= 0.3 is 0 Å². The van der Waals surface area contributed by atoms with Gasteiger partial charge in [-0.15, -0.1) is 0 Å². The lowest BCUT2D eigenvalue weighted by molar-refractivity contribution is -0.123. The SMILES string of the molecule is COC1CCC1CC(=O)NS(=O)(=O)c1csnc1Cl. The lowest BCUT2D eigenvalue weighted by Crippen LogP contribution is -2.39. The van der Waals surface area contributed by atoms with Crippen molar-refractivity contribution in [2.75, 3.05) is 7.11 Å². The van der Waals surface area contributed by atoms with Gasteiger partial charge in [-0.1, -0.05) is 11.6 Å². The fourth-order valence-corrected chi connectivity index (χ4v) is 4.40. The summed E-state index contributed by atoms with van der Waals surface area (Å²) in [6.45, 7) is 0. The Bertz CT molecular complexity index is 570. The van der Waals surface area contributed by atoms with E-state index in [1.807, 2.05) is 4.72 Å². The predicted molar refractivity (Wildman–Crippen MR) is 70.6 cm³/mol. The molecule has 0 spiro atoms. The van der Waals surface area contributed by atoms with Crippen molar-refractivity contribution in [2.45, 2.75) is 30.3 Å². The molecule has 1 fully saturated rings. The number of aromatic nitrogens is 1. The number of amides is 1. The molecule has 9 heteroatoms. The normalized spacial score (nSPS) is 22.8. The molecule has 1 amide bonds. The van der Waals surface area contributed by atoms with Gasteiger partial charge in [-0.25, -0.2) is 13.1 Å². The van der Waals surface area contributed by atoms with Gasteiger partial charge in [-0.3, -0.25) is 4.79 Å². The van der Waals surface area contributed by atoms with Gasteiger partial charge in [0.15, 0.2) is 5.15 Å². The van der Waals surface area contributed by atoms with Crippen molar-refractivity contribution in [1.29, 1.82) is 0 Å². The lowest BCUT2D eigenvalue weighted by Gasteiger charge is -2.34. The van der Waals surface area contributed by atoms with E-state index in [0.29, 0.717) is 0 Å². The molecule has 0 aliphatic heterocycles. The molecule has 1 aromatic rings. The van der Waals surface area contributed by atoms with Crippen molar-refractivity contribution >= 4 is 39.1 Å². The Kier molecular flexibility index (Phi) is 4.44. The third-order valence-electron chi connectivity index (χ3n) is 3.13. The molecule has 0 aromatic carbocycles. The number of hydrogen-bond donors (Lipinski definition) is 1. The molecule has 106 valence electrons. The Morgan fingerprint density at radius 1 is 1.63 bits per heavy atom. The minimum absolute atomic E-state index is 0.0415. The fraction of sp³-hybridized carbons (Fsp3) is 0.600. The van der Waals surface area contributed by atoms with Gasteiger partial charge in [-0.2, -0.15) is 4.37 Å². The number of ether oxygens (including phenoxy) is 1. The van der Waals surface area contributed by atoms with Crippen LogP contribution in [0, 0.1) is 5.92 Å². The van der Waals surface area contributed by atoms with E-state index in [0.717, 1.165) is 24.4 Å². The number of methoxy groups -OCH3 is 1. The molecule has 1 heterocycles. The second-order valence-electron chi connectivity index (χ2n) is 4.31. The van der Waals surface area contributed by atoms with E-state index in [-0.39, 0.29) is 28.5 Å². The maximum atomic E-state index is 11.9. The van der Waals surface area contributed by atoms with Gasteiger partial charge < -0.3 is 4.74 Å².